The third kappa shape index (κ3) is 3.19. The van der Waals surface area contributed by atoms with Gasteiger partial charge in [-0.15, -0.1) is 0 Å². The van der Waals surface area contributed by atoms with Crippen molar-refractivity contribution in [2.45, 2.75) is 63.2 Å². The molecule has 2 aliphatic carbocycles. The number of hydrogen-bond acceptors (Lipinski definition) is 4. The molecule has 3 rings (SSSR count). The number of ether oxygens (including phenoxy) is 3. The van der Waals surface area contributed by atoms with Crippen molar-refractivity contribution in [1.82, 2.24) is 0 Å². The molecule has 1 aromatic rings. The van der Waals surface area contributed by atoms with E-state index in [2.05, 4.69) is 0 Å². The molecule has 1 atom stereocenters. The minimum atomic E-state index is -0.441. The van der Waals surface area contributed by atoms with Gasteiger partial charge in [-0.25, -0.2) is 0 Å². The SMILES string of the molecule is COc1cc([C@@](C=O)(C2CCCCC2)C2CCCC2)cc(OC)c1OC. The van der Waals surface area contributed by atoms with Gasteiger partial charge >= 0.3 is 0 Å². The molecule has 2 fully saturated rings. The quantitative estimate of drug-likeness (QED) is 0.648. The van der Waals surface area contributed by atoms with Crippen LogP contribution < -0.4 is 14.2 Å². The minimum absolute atomic E-state index is 0.402. The molecule has 0 aromatic heterocycles. The zero-order valence-corrected chi connectivity index (χ0v) is 16.4. The van der Waals surface area contributed by atoms with E-state index in [1.165, 1.54) is 38.4 Å². The fourth-order valence-electron chi connectivity index (χ4n) is 5.38. The lowest BCUT2D eigenvalue weighted by atomic mass is 9.59. The van der Waals surface area contributed by atoms with Crippen LogP contribution in [0.2, 0.25) is 0 Å². The largest absolute Gasteiger partial charge is 0.493 e. The highest BCUT2D eigenvalue weighted by atomic mass is 16.5. The van der Waals surface area contributed by atoms with Crippen molar-refractivity contribution >= 4 is 6.29 Å². The maximum Gasteiger partial charge on any atom is 0.203 e. The predicted octanol–water partition coefficient (Wildman–Crippen LogP) is 4.92. The molecule has 0 saturated heterocycles. The average Bonchev–Trinajstić information content (AvgIpc) is 3.24. The van der Waals surface area contributed by atoms with Crippen LogP contribution in [0.5, 0.6) is 17.2 Å². The number of hydrogen-bond donors (Lipinski definition) is 0. The van der Waals surface area contributed by atoms with Gasteiger partial charge in [0, 0.05) is 0 Å². The van der Waals surface area contributed by atoms with Gasteiger partial charge in [0.15, 0.2) is 11.5 Å². The first-order chi connectivity index (χ1) is 12.7. The van der Waals surface area contributed by atoms with E-state index in [4.69, 9.17) is 14.2 Å². The third-order valence-electron chi connectivity index (χ3n) is 6.67. The summed E-state index contributed by atoms with van der Waals surface area (Å²) in [5, 5.41) is 0. The number of methoxy groups -OCH3 is 3. The number of rotatable bonds is 7. The van der Waals surface area contributed by atoms with Gasteiger partial charge in [-0.05, 0) is 55.2 Å². The highest BCUT2D eigenvalue weighted by Crippen LogP contribution is 2.52. The summed E-state index contributed by atoms with van der Waals surface area (Å²) in [5.74, 6) is 2.68. The zero-order chi connectivity index (χ0) is 18.6. The van der Waals surface area contributed by atoms with Gasteiger partial charge in [-0.1, -0.05) is 32.1 Å². The van der Waals surface area contributed by atoms with Gasteiger partial charge in [0.05, 0.1) is 26.7 Å². The summed E-state index contributed by atoms with van der Waals surface area (Å²) in [7, 11) is 4.89. The number of carbonyl (C=O) groups excluding carboxylic acids is 1. The van der Waals surface area contributed by atoms with Crippen LogP contribution in [0.4, 0.5) is 0 Å². The Kier molecular flexibility index (Phi) is 6.10. The van der Waals surface area contributed by atoms with Crippen molar-refractivity contribution in [3.05, 3.63) is 17.7 Å². The molecule has 0 N–H and O–H groups in total. The Morgan fingerprint density at radius 3 is 1.65 bits per heavy atom. The standard InChI is InChI=1S/C22H32O4/c1-24-19-13-18(14-20(25-2)21(19)26-3)22(15-23,17-11-7-8-12-17)16-9-5-4-6-10-16/h13-17H,4-12H2,1-3H3/t22-/m0/s1. The number of benzene rings is 1. The second-order valence-electron chi connectivity index (χ2n) is 7.78. The lowest BCUT2D eigenvalue weighted by molar-refractivity contribution is -0.117. The molecule has 1 aromatic carbocycles. The summed E-state index contributed by atoms with van der Waals surface area (Å²) in [5.41, 5.74) is 0.602. The number of aldehydes is 1. The molecule has 4 nitrogen and oxygen atoms in total. The van der Waals surface area contributed by atoms with Gasteiger partial charge in [0.1, 0.15) is 6.29 Å². The molecule has 0 heterocycles. The van der Waals surface area contributed by atoms with Crippen LogP contribution in [0.3, 0.4) is 0 Å². The van der Waals surface area contributed by atoms with Crippen LogP contribution in [-0.2, 0) is 10.2 Å². The fourth-order valence-corrected chi connectivity index (χ4v) is 5.38. The zero-order valence-electron chi connectivity index (χ0n) is 16.4. The van der Waals surface area contributed by atoms with Crippen LogP contribution in [0, 0.1) is 11.8 Å². The maximum atomic E-state index is 12.8. The van der Waals surface area contributed by atoms with Crippen LogP contribution >= 0.6 is 0 Å². The molecule has 0 radical (unpaired) electrons. The first kappa shape index (κ1) is 19.1. The van der Waals surface area contributed by atoms with Gasteiger partial charge in [-0.2, -0.15) is 0 Å². The Hall–Kier alpha value is -1.71. The summed E-state index contributed by atoms with van der Waals surface area (Å²) >= 11 is 0. The van der Waals surface area contributed by atoms with Crippen molar-refractivity contribution in [1.29, 1.82) is 0 Å². The highest BCUT2D eigenvalue weighted by molar-refractivity contribution is 5.72. The third-order valence-corrected chi connectivity index (χ3v) is 6.67. The van der Waals surface area contributed by atoms with E-state index in [-0.39, 0.29) is 0 Å². The molecule has 0 spiro atoms. The second kappa shape index (κ2) is 8.32. The Balaban J connectivity index is 2.15. The van der Waals surface area contributed by atoms with Gasteiger partial charge in [0.25, 0.3) is 0 Å². The summed E-state index contributed by atoms with van der Waals surface area (Å²) in [6.07, 6.45) is 11.9. The Bertz CT molecular complexity index is 590. The molecule has 4 heteroatoms. The van der Waals surface area contributed by atoms with E-state index < -0.39 is 5.41 Å². The Morgan fingerprint density at radius 2 is 1.27 bits per heavy atom. The van der Waals surface area contributed by atoms with Gasteiger partial charge < -0.3 is 19.0 Å². The molecule has 0 aliphatic heterocycles. The average molecular weight is 360 g/mol. The predicted molar refractivity (Wildman–Crippen MR) is 102 cm³/mol. The van der Waals surface area contributed by atoms with Crippen molar-refractivity contribution in [2.24, 2.45) is 11.8 Å². The second-order valence-corrected chi connectivity index (χ2v) is 7.78. The number of carbonyl (C=O) groups is 1. The van der Waals surface area contributed by atoms with E-state index in [0.717, 1.165) is 31.2 Å². The van der Waals surface area contributed by atoms with E-state index in [1.807, 2.05) is 12.1 Å². The molecule has 2 aliphatic rings. The van der Waals surface area contributed by atoms with E-state index in [9.17, 15) is 4.79 Å². The molecule has 0 unspecified atom stereocenters. The Labute approximate surface area is 157 Å². The monoisotopic (exact) mass is 360 g/mol. The Morgan fingerprint density at radius 1 is 0.808 bits per heavy atom. The lowest BCUT2D eigenvalue weighted by Gasteiger charge is -2.43. The first-order valence-corrected chi connectivity index (χ1v) is 9.98. The topological polar surface area (TPSA) is 44.8 Å². The molecule has 144 valence electrons. The molecular formula is C22H32O4. The van der Waals surface area contributed by atoms with Crippen molar-refractivity contribution < 1.29 is 19.0 Å². The van der Waals surface area contributed by atoms with E-state index in [1.54, 1.807) is 21.3 Å². The molecule has 2 saturated carbocycles. The van der Waals surface area contributed by atoms with Crippen molar-refractivity contribution in [3.63, 3.8) is 0 Å². The van der Waals surface area contributed by atoms with Gasteiger partial charge in [-0.3, -0.25) is 0 Å². The summed E-state index contributed by atoms with van der Waals surface area (Å²) in [4.78, 5) is 12.8. The van der Waals surface area contributed by atoms with E-state index >= 15 is 0 Å². The molecule has 0 amide bonds. The summed E-state index contributed by atoms with van der Waals surface area (Å²) in [6, 6.07) is 4.03. The highest BCUT2D eigenvalue weighted by Gasteiger charge is 2.48. The van der Waals surface area contributed by atoms with Crippen molar-refractivity contribution in [2.75, 3.05) is 21.3 Å². The minimum Gasteiger partial charge on any atom is -0.493 e. The van der Waals surface area contributed by atoms with Crippen LogP contribution in [0.25, 0.3) is 0 Å². The lowest BCUT2D eigenvalue weighted by Crippen LogP contribution is -2.44. The van der Waals surface area contributed by atoms with Crippen LogP contribution in [0.1, 0.15) is 63.4 Å². The normalized spacial score (nSPS) is 21.2. The molecule has 26 heavy (non-hydrogen) atoms. The summed E-state index contributed by atoms with van der Waals surface area (Å²) in [6.45, 7) is 0. The first-order valence-electron chi connectivity index (χ1n) is 9.98. The maximum absolute atomic E-state index is 12.8. The smallest absolute Gasteiger partial charge is 0.203 e. The summed E-state index contributed by atoms with van der Waals surface area (Å²) < 4.78 is 16.7. The molecule has 0 bridgehead atoms. The van der Waals surface area contributed by atoms with E-state index in [0.29, 0.717) is 29.1 Å². The molecular weight excluding hydrogens is 328 g/mol. The van der Waals surface area contributed by atoms with Crippen LogP contribution in [-0.4, -0.2) is 27.6 Å². The van der Waals surface area contributed by atoms with Crippen molar-refractivity contribution in [3.8, 4) is 17.2 Å². The van der Waals surface area contributed by atoms with Gasteiger partial charge in [0.2, 0.25) is 5.75 Å². The fraction of sp³-hybridized carbons (Fsp3) is 0.682. The van der Waals surface area contributed by atoms with Crippen LogP contribution in [0.15, 0.2) is 12.1 Å².